The highest BCUT2D eigenvalue weighted by atomic mass is 32.2. The van der Waals surface area contributed by atoms with Crippen LogP contribution in [-0.2, 0) is 21.2 Å². The Morgan fingerprint density at radius 2 is 2.00 bits per heavy atom. The van der Waals surface area contributed by atoms with Crippen molar-refractivity contribution in [3.8, 4) is 16.6 Å². The molecule has 0 aliphatic carbocycles. The molecular weight excluding hydrogens is 479 g/mol. The molecule has 0 radical (unpaired) electrons. The van der Waals surface area contributed by atoms with Gasteiger partial charge in [0.25, 0.3) is 11.8 Å². The first-order chi connectivity index (χ1) is 16.1. The van der Waals surface area contributed by atoms with Crippen molar-refractivity contribution >= 4 is 38.7 Å². The fourth-order valence-corrected chi connectivity index (χ4v) is 5.64. The lowest BCUT2D eigenvalue weighted by Crippen LogP contribution is -2.22. The van der Waals surface area contributed by atoms with Crippen molar-refractivity contribution in [2.75, 3.05) is 5.32 Å². The van der Waals surface area contributed by atoms with Crippen molar-refractivity contribution in [3.05, 3.63) is 74.9 Å². The van der Waals surface area contributed by atoms with Crippen LogP contribution in [0.15, 0.2) is 58.0 Å². The SMILES string of the molecule is CC1=C(C)S(=O)(=O)c2ccc(C(=O)NCc3cnc(-c4ccc(C#N)cc4F)s3)cc2NC1=O. The van der Waals surface area contributed by atoms with E-state index in [4.69, 9.17) is 5.26 Å². The summed E-state index contributed by atoms with van der Waals surface area (Å²) in [5.74, 6) is -1.60. The molecule has 2 aromatic carbocycles. The molecule has 2 amide bonds. The molecule has 1 aliphatic rings. The predicted octanol–water partition coefficient (Wildman–Crippen LogP) is 3.77. The number of carbonyl (C=O) groups excluding carboxylic acids is 2. The molecule has 172 valence electrons. The number of hydrogen-bond acceptors (Lipinski definition) is 7. The largest absolute Gasteiger partial charge is 0.347 e. The summed E-state index contributed by atoms with van der Waals surface area (Å²) in [4.78, 5) is 29.7. The number of halogens is 1. The zero-order valence-corrected chi connectivity index (χ0v) is 19.6. The Balaban J connectivity index is 1.51. The number of nitrogens with one attached hydrogen (secondary N) is 2. The lowest BCUT2D eigenvalue weighted by atomic mass is 10.1. The minimum Gasteiger partial charge on any atom is -0.347 e. The van der Waals surface area contributed by atoms with E-state index in [1.807, 2.05) is 6.07 Å². The smallest absolute Gasteiger partial charge is 0.252 e. The van der Waals surface area contributed by atoms with Crippen LogP contribution < -0.4 is 10.6 Å². The van der Waals surface area contributed by atoms with Crippen LogP contribution in [0.4, 0.5) is 10.1 Å². The van der Waals surface area contributed by atoms with E-state index in [0.29, 0.717) is 9.88 Å². The van der Waals surface area contributed by atoms with Gasteiger partial charge in [-0.2, -0.15) is 5.26 Å². The third-order valence-electron chi connectivity index (χ3n) is 5.36. The summed E-state index contributed by atoms with van der Waals surface area (Å²) in [6.07, 6.45) is 1.51. The van der Waals surface area contributed by atoms with Gasteiger partial charge in [0.05, 0.1) is 33.7 Å². The molecule has 0 saturated heterocycles. The zero-order chi connectivity index (χ0) is 24.6. The van der Waals surface area contributed by atoms with E-state index in [0.717, 1.165) is 6.07 Å². The average Bonchev–Trinajstić information content (AvgIpc) is 3.27. The number of sulfone groups is 1. The molecule has 11 heteroatoms. The second-order valence-electron chi connectivity index (χ2n) is 7.47. The maximum absolute atomic E-state index is 14.2. The molecule has 1 aromatic heterocycles. The third kappa shape index (κ3) is 4.21. The van der Waals surface area contributed by atoms with Crippen LogP contribution in [0, 0.1) is 17.1 Å². The molecule has 0 bridgehead atoms. The Labute approximate surface area is 198 Å². The molecular formula is C23H17FN4O4S2. The number of aromatic nitrogens is 1. The van der Waals surface area contributed by atoms with Crippen molar-refractivity contribution in [1.29, 1.82) is 5.26 Å². The first-order valence-corrected chi connectivity index (χ1v) is 12.2. The molecule has 0 unspecified atom stereocenters. The van der Waals surface area contributed by atoms with Crippen molar-refractivity contribution in [1.82, 2.24) is 10.3 Å². The molecule has 0 saturated carbocycles. The number of carbonyl (C=O) groups is 2. The number of nitriles is 1. The number of amides is 2. The number of anilines is 1. The van der Waals surface area contributed by atoms with E-state index >= 15 is 0 Å². The zero-order valence-electron chi connectivity index (χ0n) is 18.0. The molecule has 4 rings (SSSR count). The Bertz CT molecular complexity index is 1530. The standard InChI is InChI=1S/C23H17FN4O4S2/c1-12-13(2)34(31,32)20-6-4-15(8-19(20)28-21(12)29)22(30)26-10-16-11-27-23(33-16)17-5-3-14(9-25)7-18(17)24/h3-8,11H,10H2,1-2H3,(H,26,30)(H,28,29). The first kappa shape index (κ1) is 23.3. The highest BCUT2D eigenvalue weighted by Crippen LogP contribution is 2.33. The monoisotopic (exact) mass is 496 g/mol. The second kappa shape index (κ2) is 8.81. The maximum atomic E-state index is 14.2. The number of nitrogens with zero attached hydrogens (tertiary/aromatic N) is 2. The van der Waals surface area contributed by atoms with Gasteiger partial charge in [-0.25, -0.2) is 17.8 Å². The number of rotatable bonds is 4. The molecule has 0 atom stereocenters. The second-order valence-corrected chi connectivity index (χ2v) is 10.6. The van der Waals surface area contributed by atoms with Crippen LogP contribution in [0.1, 0.15) is 34.6 Å². The summed E-state index contributed by atoms with van der Waals surface area (Å²) >= 11 is 1.19. The Morgan fingerprint density at radius 3 is 2.71 bits per heavy atom. The van der Waals surface area contributed by atoms with Crippen molar-refractivity contribution in [2.24, 2.45) is 0 Å². The van der Waals surface area contributed by atoms with Gasteiger partial charge in [-0.1, -0.05) is 0 Å². The number of hydrogen-bond donors (Lipinski definition) is 2. The van der Waals surface area contributed by atoms with Gasteiger partial charge in [0.2, 0.25) is 9.84 Å². The van der Waals surface area contributed by atoms with E-state index in [1.165, 1.54) is 61.7 Å². The van der Waals surface area contributed by atoms with Crippen molar-refractivity contribution in [3.63, 3.8) is 0 Å². The number of benzene rings is 2. The van der Waals surface area contributed by atoms with Gasteiger partial charge in [0, 0.05) is 27.8 Å². The predicted molar refractivity (Wildman–Crippen MR) is 124 cm³/mol. The number of allylic oxidation sites excluding steroid dienone is 1. The topological polar surface area (TPSA) is 129 Å². The molecule has 34 heavy (non-hydrogen) atoms. The molecule has 3 aromatic rings. The van der Waals surface area contributed by atoms with Crippen LogP contribution in [0.3, 0.4) is 0 Å². The average molecular weight is 497 g/mol. The minimum atomic E-state index is -3.86. The summed E-state index contributed by atoms with van der Waals surface area (Å²) in [5.41, 5.74) is 0.737. The summed E-state index contributed by atoms with van der Waals surface area (Å²) in [5, 5.41) is 14.5. The van der Waals surface area contributed by atoms with Gasteiger partial charge in [-0.15, -0.1) is 11.3 Å². The minimum absolute atomic E-state index is 0.0326. The van der Waals surface area contributed by atoms with E-state index in [2.05, 4.69) is 15.6 Å². The van der Waals surface area contributed by atoms with Crippen LogP contribution >= 0.6 is 11.3 Å². The van der Waals surface area contributed by atoms with Crippen LogP contribution in [0.25, 0.3) is 10.6 Å². The van der Waals surface area contributed by atoms with Gasteiger partial charge >= 0.3 is 0 Å². The van der Waals surface area contributed by atoms with Gasteiger partial charge in [-0.3, -0.25) is 9.59 Å². The van der Waals surface area contributed by atoms with Gasteiger partial charge in [-0.05, 0) is 50.2 Å². The first-order valence-electron chi connectivity index (χ1n) is 9.92. The number of thiazole rings is 1. The van der Waals surface area contributed by atoms with Crippen LogP contribution in [0.2, 0.25) is 0 Å². The van der Waals surface area contributed by atoms with E-state index < -0.39 is 27.5 Å². The molecule has 0 spiro atoms. The fourth-order valence-electron chi connectivity index (χ4n) is 3.29. The lowest BCUT2D eigenvalue weighted by Gasteiger charge is -2.10. The van der Waals surface area contributed by atoms with Gasteiger partial charge < -0.3 is 10.6 Å². The fraction of sp³-hybridized carbons (Fsp3) is 0.130. The van der Waals surface area contributed by atoms with E-state index in [-0.39, 0.29) is 44.3 Å². The van der Waals surface area contributed by atoms with Gasteiger partial charge in [0.15, 0.2) is 0 Å². The Kier molecular flexibility index (Phi) is 6.03. The summed E-state index contributed by atoms with van der Waals surface area (Å²) in [7, 11) is -3.86. The molecule has 8 nitrogen and oxygen atoms in total. The third-order valence-corrected chi connectivity index (χ3v) is 8.43. The number of fused-ring (bicyclic) bond motifs is 1. The maximum Gasteiger partial charge on any atom is 0.252 e. The molecule has 2 heterocycles. The highest BCUT2D eigenvalue weighted by Gasteiger charge is 2.29. The molecule has 0 fully saturated rings. The summed E-state index contributed by atoms with van der Waals surface area (Å²) in [6.45, 7) is 2.90. The quantitative estimate of drug-likeness (QED) is 0.566. The van der Waals surface area contributed by atoms with Crippen LogP contribution in [-0.4, -0.2) is 25.2 Å². The molecule has 1 aliphatic heterocycles. The normalized spacial score (nSPS) is 14.6. The Hall–Kier alpha value is -3.88. The summed E-state index contributed by atoms with van der Waals surface area (Å²) in [6, 6.07) is 9.96. The van der Waals surface area contributed by atoms with Crippen molar-refractivity contribution < 1.29 is 22.4 Å². The highest BCUT2D eigenvalue weighted by molar-refractivity contribution is 7.95. The summed E-state index contributed by atoms with van der Waals surface area (Å²) < 4.78 is 39.7. The van der Waals surface area contributed by atoms with Gasteiger partial charge in [0.1, 0.15) is 10.8 Å². The molecule has 2 N–H and O–H groups in total. The lowest BCUT2D eigenvalue weighted by molar-refractivity contribution is -0.112. The van der Waals surface area contributed by atoms with Crippen molar-refractivity contribution in [2.45, 2.75) is 25.3 Å². The van der Waals surface area contributed by atoms with Crippen LogP contribution in [0.5, 0.6) is 0 Å². The van der Waals surface area contributed by atoms with E-state index in [1.54, 1.807) is 0 Å². The van der Waals surface area contributed by atoms with E-state index in [9.17, 15) is 22.4 Å². The Morgan fingerprint density at radius 1 is 1.24 bits per heavy atom.